The maximum Gasteiger partial charge on any atom is 0.208 e. The highest BCUT2D eigenvalue weighted by molar-refractivity contribution is 7.84. The van der Waals surface area contributed by atoms with Crippen molar-refractivity contribution in [1.82, 2.24) is 4.98 Å². The number of oxazole rings is 1. The van der Waals surface area contributed by atoms with E-state index in [1.807, 2.05) is 0 Å². The SMILES string of the molecule is COc1ccc(S(=O)Cc2nc3ccc(N)cc3o2)cc1. The summed E-state index contributed by atoms with van der Waals surface area (Å²) in [5.74, 6) is 1.39. The molecule has 1 aromatic heterocycles. The largest absolute Gasteiger partial charge is 0.497 e. The molecule has 108 valence electrons. The smallest absolute Gasteiger partial charge is 0.208 e. The zero-order valence-corrected chi connectivity index (χ0v) is 12.2. The van der Waals surface area contributed by atoms with Crippen molar-refractivity contribution in [3.63, 3.8) is 0 Å². The third-order valence-corrected chi connectivity index (χ3v) is 4.34. The number of ether oxygens (including phenoxy) is 1. The fraction of sp³-hybridized carbons (Fsp3) is 0.133. The van der Waals surface area contributed by atoms with Crippen LogP contribution in [-0.4, -0.2) is 16.3 Å². The Labute approximate surface area is 124 Å². The number of nitrogens with two attached hydrogens (primary N) is 1. The number of hydrogen-bond acceptors (Lipinski definition) is 5. The second-order valence-corrected chi connectivity index (χ2v) is 5.95. The monoisotopic (exact) mass is 302 g/mol. The Kier molecular flexibility index (Phi) is 3.62. The van der Waals surface area contributed by atoms with Crippen LogP contribution in [0.3, 0.4) is 0 Å². The summed E-state index contributed by atoms with van der Waals surface area (Å²) in [6.45, 7) is 0. The minimum atomic E-state index is -1.22. The summed E-state index contributed by atoms with van der Waals surface area (Å²) in [4.78, 5) is 5.02. The van der Waals surface area contributed by atoms with Gasteiger partial charge in [-0.25, -0.2) is 4.98 Å². The predicted molar refractivity (Wildman–Crippen MR) is 81.5 cm³/mol. The molecule has 2 N–H and O–H groups in total. The highest BCUT2D eigenvalue weighted by atomic mass is 32.2. The van der Waals surface area contributed by atoms with E-state index in [0.717, 1.165) is 5.75 Å². The number of nitrogen functional groups attached to an aromatic ring is 1. The highest BCUT2D eigenvalue weighted by Crippen LogP contribution is 2.21. The van der Waals surface area contributed by atoms with Crippen LogP contribution in [0, 0.1) is 0 Å². The first-order valence-corrected chi connectivity index (χ1v) is 7.65. The van der Waals surface area contributed by atoms with E-state index >= 15 is 0 Å². The average molecular weight is 302 g/mol. The molecule has 3 aromatic rings. The Morgan fingerprint density at radius 1 is 1.24 bits per heavy atom. The molecule has 0 fully saturated rings. The molecular formula is C15H14N2O3S. The van der Waals surface area contributed by atoms with Gasteiger partial charge in [-0.05, 0) is 36.4 Å². The van der Waals surface area contributed by atoms with E-state index in [1.54, 1.807) is 49.6 Å². The third-order valence-electron chi connectivity index (χ3n) is 3.03. The lowest BCUT2D eigenvalue weighted by atomic mass is 10.3. The van der Waals surface area contributed by atoms with Crippen molar-refractivity contribution in [3.8, 4) is 5.75 Å². The van der Waals surface area contributed by atoms with Crippen molar-refractivity contribution >= 4 is 27.6 Å². The van der Waals surface area contributed by atoms with Crippen LogP contribution in [-0.2, 0) is 16.6 Å². The van der Waals surface area contributed by atoms with Crippen LogP contribution < -0.4 is 10.5 Å². The minimum Gasteiger partial charge on any atom is -0.497 e. The molecule has 0 amide bonds. The van der Waals surface area contributed by atoms with Gasteiger partial charge in [-0.15, -0.1) is 0 Å². The van der Waals surface area contributed by atoms with Crippen molar-refractivity contribution in [3.05, 3.63) is 48.4 Å². The summed E-state index contributed by atoms with van der Waals surface area (Å²) in [5.41, 5.74) is 7.63. The van der Waals surface area contributed by atoms with Gasteiger partial charge in [0, 0.05) is 16.6 Å². The van der Waals surface area contributed by atoms with Gasteiger partial charge in [0.15, 0.2) is 5.58 Å². The number of nitrogens with zero attached hydrogens (tertiary/aromatic N) is 1. The number of methoxy groups -OCH3 is 1. The van der Waals surface area contributed by atoms with Gasteiger partial charge in [-0.2, -0.15) is 0 Å². The molecule has 0 aliphatic rings. The maximum absolute atomic E-state index is 12.3. The lowest BCUT2D eigenvalue weighted by Gasteiger charge is -2.02. The van der Waals surface area contributed by atoms with E-state index in [0.29, 0.717) is 27.6 Å². The Morgan fingerprint density at radius 3 is 2.71 bits per heavy atom. The van der Waals surface area contributed by atoms with E-state index in [1.165, 1.54) is 0 Å². The Morgan fingerprint density at radius 2 is 2.00 bits per heavy atom. The molecule has 0 saturated heterocycles. The summed E-state index contributed by atoms with van der Waals surface area (Å²) >= 11 is 0. The molecule has 2 aromatic carbocycles. The first-order chi connectivity index (χ1) is 10.2. The normalized spacial score (nSPS) is 12.4. The summed E-state index contributed by atoms with van der Waals surface area (Å²) in [6.07, 6.45) is 0. The molecule has 0 aliphatic heterocycles. The van der Waals surface area contributed by atoms with Crippen molar-refractivity contribution in [2.24, 2.45) is 0 Å². The molecule has 21 heavy (non-hydrogen) atoms. The van der Waals surface area contributed by atoms with Gasteiger partial charge >= 0.3 is 0 Å². The summed E-state index contributed by atoms with van der Waals surface area (Å²) in [6, 6.07) is 12.4. The van der Waals surface area contributed by atoms with Gasteiger partial charge in [0.1, 0.15) is 17.0 Å². The van der Waals surface area contributed by atoms with Gasteiger partial charge < -0.3 is 14.9 Å². The van der Waals surface area contributed by atoms with Gasteiger partial charge in [-0.1, -0.05) is 0 Å². The number of benzene rings is 2. The van der Waals surface area contributed by atoms with Crippen molar-refractivity contribution < 1.29 is 13.4 Å². The van der Waals surface area contributed by atoms with E-state index in [-0.39, 0.29) is 5.75 Å². The maximum atomic E-state index is 12.3. The predicted octanol–water partition coefficient (Wildman–Crippen LogP) is 2.73. The topological polar surface area (TPSA) is 78.3 Å². The standard InChI is InChI=1S/C15H14N2O3S/c1-19-11-3-5-12(6-4-11)21(18)9-15-17-13-7-2-10(16)8-14(13)20-15/h2-8H,9,16H2,1H3. The molecule has 1 unspecified atom stereocenters. The van der Waals surface area contributed by atoms with Crippen LogP contribution in [0.1, 0.15) is 5.89 Å². The van der Waals surface area contributed by atoms with Crippen molar-refractivity contribution in [1.29, 1.82) is 0 Å². The lowest BCUT2D eigenvalue weighted by Crippen LogP contribution is -1.96. The molecule has 1 atom stereocenters. The molecule has 0 bridgehead atoms. The Bertz CT molecular complexity index is 796. The van der Waals surface area contributed by atoms with E-state index in [4.69, 9.17) is 14.9 Å². The fourth-order valence-corrected chi connectivity index (χ4v) is 2.93. The van der Waals surface area contributed by atoms with Crippen LogP contribution in [0.5, 0.6) is 5.75 Å². The van der Waals surface area contributed by atoms with Crippen LogP contribution >= 0.6 is 0 Å². The van der Waals surface area contributed by atoms with Gasteiger partial charge in [-0.3, -0.25) is 4.21 Å². The number of fused-ring (bicyclic) bond motifs is 1. The third kappa shape index (κ3) is 2.90. The van der Waals surface area contributed by atoms with Gasteiger partial charge in [0.2, 0.25) is 5.89 Å². The number of anilines is 1. The fourth-order valence-electron chi connectivity index (χ4n) is 1.97. The van der Waals surface area contributed by atoms with E-state index in [2.05, 4.69) is 4.98 Å². The highest BCUT2D eigenvalue weighted by Gasteiger charge is 2.11. The van der Waals surface area contributed by atoms with Crippen LogP contribution in [0.4, 0.5) is 5.69 Å². The second-order valence-electron chi connectivity index (χ2n) is 4.50. The molecule has 0 aliphatic carbocycles. The summed E-state index contributed by atoms with van der Waals surface area (Å²) in [7, 11) is 0.374. The van der Waals surface area contributed by atoms with E-state index in [9.17, 15) is 4.21 Å². The molecule has 0 saturated carbocycles. The summed E-state index contributed by atoms with van der Waals surface area (Å²) < 4.78 is 23.0. The number of hydrogen-bond donors (Lipinski definition) is 1. The van der Waals surface area contributed by atoms with Crippen LogP contribution in [0.2, 0.25) is 0 Å². The second kappa shape index (κ2) is 5.57. The first-order valence-electron chi connectivity index (χ1n) is 6.33. The zero-order chi connectivity index (χ0) is 14.8. The molecule has 0 radical (unpaired) electrons. The molecule has 6 heteroatoms. The number of aromatic nitrogens is 1. The van der Waals surface area contributed by atoms with Crippen LogP contribution in [0.25, 0.3) is 11.1 Å². The van der Waals surface area contributed by atoms with Crippen molar-refractivity contribution in [2.45, 2.75) is 10.6 Å². The lowest BCUT2D eigenvalue weighted by molar-refractivity contribution is 0.414. The Balaban J connectivity index is 1.81. The average Bonchev–Trinajstić information content (AvgIpc) is 2.88. The number of rotatable bonds is 4. The Hall–Kier alpha value is -2.34. The molecular weight excluding hydrogens is 288 g/mol. The quantitative estimate of drug-likeness (QED) is 0.750. The van der Waals surface area contributed by atoms with Crippen molar-refractivity contribution in [2.75, 3.05) is 12.8 Å². The zero-order valence-electron chi connectivity index (χ0n) is 11.4. The van der Waals surface area contributed by atoms with Crippen LogP contribution in [0.15, 0.2) is 51.8 Å². The molecule has 5 nitrogen and oxygen atoms in total. The molecule has 1 heterocycles. The molecule has 0 spiro atoms. The van der Waals surface area contributed by atoms with E-state index < -0.39 is 10.8 Å². The minimum absolute atomic E-state index is 0.223. The van der Waals surface area contributed by atoms with Gasteiger partial charge in [0.05, 0.1) is 17.9 Å². The van der Waals surface area contributed by atoms with Gasteiger partial charge in [0.25, 0.3) is 0 Å². The first kappa shape index (κ1) is 13.6. The molecule has 3 rings (SSSR count). The summed E-state index contributed by atoms with van der Waals surface area (Å²) in [5, 5.41) is 0.